The van der Waals surface area contributed by atoms with Crippen molar-refractivity contribution in [3.8, 4) is 0 Å². The molecule has 1 aromatic carbocycles. The van der Waals surface area contributed by atoms with Gasteiger partial charge in [-0.15, -0.1) is 11.3 Å². The molecule has 1 fully saturated rings. The maximum atomic E-state index is 12.6. The molecule has 0 atom stereocenters. The Hall–Kier alpha value is -2.93. The number of ether oxygens (including phenoxy) is 1. The third kappa shape index (κ3) is 3.38. The van der Waals surface area contributed by atoms with E-state index in [9.17, 15) is 14.4 Å². The van der Waals surface area contributed by atoms with Gasteiger partial charge in [-0.2, -0.15) is 0 Å². The number of anilines is 1. The monoisotopic (exact) mass is 383 g/mol. The van der Waals surface area contributed by atoms with E-state index < -0.39 is 17.5 Å². The van der Waals surface area contributed by atoms with Crippen LogP contribution in [0, 0.1) is 0 Å². The van der Waals surface area contributed by atoms with Crippen molar-refractivity contribution in [2.75, 3.05) is 11.9 Å². The maximum Gasteiger partial charge on any atom is 0.344 e. The van der Waals surface area contributed by atoms with Crippen molar-refractivity contribution in [2.24, 2.45) is 0 Å². The first kappa shape index (κ1) is 17.5. The highest BCUT2D eigenvalue weighted by Crippen LogP contribution is 2.46. The summed E-state index contributed by atoms with van der Waals surface area (Å²) in [5.41, 5.74) is 0.739. The molecule has 1 saturated carbocycles. The van der Waals surface area contributed by atoms with Crippen LogP contribution in [0.25, 0.3) is 10.8 Å². The highest BCUT2D eigenvalue weighted by atomic mass is 32.1. The van der Waals surface area contributed by atoms with Gasteiger partial charge in [-0.25, -0.2) is 9.59 Å². The van der Waals surface area contributed by atoms with E-state index in [0.717, 1.165) is 18.4 Å². The lowest BCUT2D eigenvalue weighted by Crippen LogP contribution is -2.17. The second-order valence-corrected chi connectivity index (χ2v) is 7.21. The van der Waals surface area contributed by atoms with Crippen LogP contribution in [0.3, 0.4) is 0 Å². The summed E-state index contributed by atoms with van der Waals surface area (Å²) in [6, 6.07) is 8.41. The molecular formula is C20H17NO5S. The molecule has 4 rings (SSSR count). The zero-order valence-corrected chi connectivity index (χ0v) is 15.4. The Balaban J connectivity index is 1.67. The van der Waals surface area contributed by atoms with Gasteiger partial charge in [0.2, 0.25) is 0 Å². The number of hydrogen-bond donors (Lipinski definition) is 1. The van der Waals surface area contributed by atoms with E-state index in [1.165, 1.54) is 17.4 Å². The Morgan fingerprint density at radius 2 is 2.07 bits per heavy atom. The molecule has 0 unspecified atom stereocenters. The van der Waals surface area contributed by atoms with Gasteiger partial charge in [0.05, 0.1) is 17.6 Å². The van der Waals surface area contributed by atoms with Crippen LogP contribution in [0.5, 0.6) is 0 Å². The van der Waals surface area contributed by atoms with Gasteiger partial charge in [-0.1, -0.05) is 18.2 Å². The number of esters is 1. The number of rotatable bonds is 5. The highest BCUT2D eigenvalue weighted by Gasteiger charge is 2.32. The lowest BCUT2D eigenvalue weighted by Gasteiger charge is -2.08. The zero-order valence-electron chi connectivity index (χ0n) is 14.6. The van der Waals surface area contributed by atoms with Crippen LogP contribution in [0.1, 0.15) is 52.2 Å². The number of amides is 1. The largest absolute Gasteiger partial charge is 0.462 e. The van der Waals surface area contributed by atoms with Crippen LogP contribution < -0.4 is 10.9 Å². The number of nitrogens with one attached hydrogen (secondary N) is 1. The summed E-state index contributed by atoms with van der Waals surface area (Å²) in [5, 5.41) is 6.04. The molecule has 0 spiro atoms. The van der Waals surface area contributed by atoms with E-state index >= 15 is 0 Å². The molecule has 27 heavy (non-hydrogen) atoms. The number of hydrogen-bond acceptors (Lipinski definition) is 6. The van der Waals surface area contributed by atoms with Crippen molar-refractivity contribution in [2.45, 2.75) is 25.7 Å². The molecule has 0 radical (unpaired) electrons. The molecule has 0 aliphatic heterocycles. The van der Waals surface area contributed by atoms with E-state index in [2.05, 4.69) is 5.32 Å². The van der Waals surface area contributed by atoms with Crippen LogP contribution in [-0.4, -0.2) is 18.5 Å². The maximum absolute atomic E-state index is 12.6. The molecule has 2 aromatic heterocycles. The zero-order chi connectivity index (χ0) is 19.0. The Kier molecular flexibility index (Phi) is 4.53. The van der Waals surface area contributed by atoms with Crippen molar-refractivity contribution in [1.29, 1.82) is 0 Å². The molecule has 1 aliphatic rings. The summed E-state index contributed by atoms with van der Waals surface area (Å²) in [6.07, 6.45) is 2.05. The van der Waals surface area contributed by atoms with Crippen molar-refractivity contribution in [3.63, 3.8) is 0 Å². The first-order chi connectivity index (χ1) is 13.1. The molecule has 0 saturated heterocycles. The van der Waals surface area contributed by atoms with Crippen LogP contribution in [0.15, 0.2) is 44.9 Å². The molecule has 1 N–H and O–H groups in total. The van der Waals surface area contributed by atoms with Gasteiger partial charge in [0.15, 0.2) is 5.76 Å². The lowest BCUT2D eigenvalue weighted by molar-refractivity contribution is 0.0527. The van der Waals surface area contributed by atoms with Crippen molar-refractivity contribution < 1.29 is 18.7 Å². The highest BCUT2D eigenvalue weighted by molar-refractivity contribution is 7.15. The van der Waals surface area contributed by atoms with Gasteiger partial charge in [0.1, 0.15) is 5.00 Å². The molecule has 2 heterocycles. The molecule has 3 aromatic rings. The number of thiophene rings is 1. The molecule has 0 bridgehead atoms. The van der Waals surface area contributed by atoms with E-state index in [-0.39, 0.29) is 12.4 Å². The molecule has 6 nitrogen and oxygen atoms in total. The molecular weight excluding hydrogens is 366 g/mol. The summed E-state index contributed by atoms with van der Waals surface area (Å²) >= 11 is 1.28. The number of carbonyl (C=O) groups excluding carboxylic acids is 2. The third-order valence-corrected chi connectivity index (χ3v) is 5.35. The average molecular weight is 383 g/mol. The van der Waals surface area contributed by atoms with E-state index in [4.69, 9.17) is 9.15 Å². The molecule has 138 valence electrons. The lowest BCUT2D eigenvalue weighted by atomic mass is 10.1. The topological polar surface area (TPSA) is 85.6 Å². The van der Waals surface area contributed by atoms with Crippen LogP contribution in [0.4, 0.5) is 5.00 Å². The predicted octanol–water partition coefficient (Wildman–Crippen LogP) is 4.16. The second-order valence-electron chi connectivity index (χ2n) is 6.33. The number of benzene rings is 1. The van der Waals surface area contributed by atoms with Crippen LogP contribution in [0.2, 0.25) is 0 Å². The fourth-order valence-electron chi connectivity index (χ4n) is 2.98. The molecule has 7 heteroatoms. The van der Waals surface area contributed by atoms with Crippen LogP contribution >= 0.6 is 11.3 Å². The van der Waals surface area contributed by atoms with Crippen molar-refractivity contribution in [1.82, 2.24) is 0 Å². The number of carbonyl (C=O) groups is 2. The standard InChI is InChI=1S/C20H17NO5S/c1-2-25-20(24)16-14(11-7-8-11)10-27-18(16)21-17(22)15-9-12-5-3-4-6-13(12)19(23)26-15/h3-6,9-11H,2,7-8H2,1H3,(H,21,22). The van der Waals surface area contributed by atoms with Gasteiger partial charge in [-0.3, -0.25) is 4.79 Å². The minimum Gasteiger partial charge on any atom is -0.462 e. The summed E-state index contributed by atoms with van der Waals surface area (Å²) < 4.78 is 10.3. The summed E-state index contributed by atoms with van der Waals surface area (Å²) in [7, 11) is 0. The summed E-state index contributed by atoms with van der Waals surface area (Å²) in [4.78, 5) is 37.1. The van der Waals surface area contributed by atoms with E-state index in [1.54, 1.807) is 31.2 Å². The quantitative estimate of drug-likeness (QED) is 0.669. The fraction of sp³-hybridized carbons (Fsp3) is 0.250. The van der Waals surface area contributed by atoms with Crippen molar-refractivity contribution in [3.05, 3.63) is 63.0 Å². The Morgan fingerprint density at radius 1 is 1.30 bits per heavy atom. The predicted molar refractivity (Wildman–Crippen MR) is 103 cm³/mol. The summed E-state index contributed by atoms with van der Waals surface area (Å²) in [6.45, 7) is 1.99. The smallest absolute Gasteiger partial charge is 0.344 e. The normalized spacial score (nSPS) is 13.5. The average Bonchev–Trinajstić information content (AvgIpc) is 3.42. The Labute approximate surface area is 158 Å². The first-order valence-corrected chi connectivity index (χ1v) is 9.59. The van der Waals surface area contributed by atoms with Gasteiger partial charge < -0.3 is 14.5 Å². The van der Waals surface area contributed by atoms with Gasteiger partial charge in [0.25, 0.3) is 5.91 Å². The van der Waals surface area contributed by atoms with Gasteiger partial charge in [0, 0.05) is 0 Å². The van der Waals surface area contributed by atoms with Gasteiger partial charge >= 0.3 is 11.6 Å². The molecule has 1 aliphatic carbocycles. The minimum atomic E-state index is -0.576. The summed E-state index contributed by atoms with van der Waals surface area (Å²) in [5.74, 6) is -0.789. The Bertz CT molecular complexity index is 1090. The minimum absolute atomic E-state index is 0.102. The molecule has 1 amide bonds. The second kappa shape index (κ2) is 7.00. The number of fused-ring (bicyclic) bond motifs is 1. The first-order valence-electron chi connectivity index (χ1n) is 8.71. The SMILES string of the molecule is CCOC(=O)c1c(C2CC2)csc1NC(=O)c1cc2ccccc2c(=O)o1. The van der Waals surface area contributed by atoms with Crippen LogP contribution in [-0.2, 0) is 4.74 Å². The van der Waals surface area contributed by atoms with Crippen molar-refractivity contribution >= 4 is 39.0 Å². The van der Waals surface area contributed by atoms with Gasteiger partial charge in [-0.05, 0) is 54.1 Å². The van der Waals surface area contributed by atoms with E-state index in [1.807, 2.05) is 5.38 Å². The third-order valence-electron chi connectivity index (χ3n) is 4.44. The Morgan fingerprint density at radius 3 is 2.81 bits per heavy atom. The fourth-order valence-corrected chi connectivity index (χ4v) is 4.01. The van der Waals surface area contributed by atoms with E-state index in [0.29, 0.717) is 27.3 Å².